The molecule has 3 nitrogen and oxygen atoms in total. The summed E-state index contributed by atoms with van der Waals surface area (Å²) in [5.74, 6) is -1.55. The average molecular weight is 257 g/mol. The van der Waals surface area contributed by atoms with E-state index in [1.165, 1.54) is 6.92 Å². The Morgan fingerprint density at radius 1 is 1.29 bits per heavy atom. The number of hydrogen-bond donors (Lipinski definition) is 0. The number of nitrogens with zero attached hydrogens (tertiary/aromatic N) is 1. The van der Waals surface area contributed by atoms with Crippen LogP contribution in [-0.2, 0) is 0 Å². The van der Waals surface area contributed by atoms with Gasteiger partial charge in [0.2, 0.25) is 0 Å². The molecule has 96 valence electrons. The lowest BCUT2D eigenvalue weighted by Crippen LogP contribution is -2.19. The summed E-state index contributed by atoms with van der Waals surface area (Å²) in [4.78, 5) is 3.31. The molecule has 0 N–H and O–H groups in total. The number of ether oxygens (including phenoxy) is 2. The van der Waals surface area contributed by atoms with E-state index in [1.807, 2.05) is 0 Å². The summed E-state index contributed by atoms with van der Waals surface area (Å²) in [6.07, 6.45) is -8.28. The van der Waals surface area contributed by atoms with Crippen LogP contribution in [0.25, 0.3) is 0 Å². The number of hydrogen-bond acceptors (Lipinski definition) is 3. The number of aryl methyl sites for hydroxylation is 1. The third kappa shape index (κ3) is 3.43. The molecular formula is C9H8F5NO2. The van der Waals surface area contributed by atoms with Gasteiger partial charge >= 0.3 is 6.36 Å². The Kier molecular flexibility index (Phi) is 3.74. The van der Waals surface area contributed by atoms with Crippen LogP contribution in [0.15, 0.2) is 6.07 Å². The van der Waals surface area contributed by atoms with Gasteiger partial charge in [0.15, 0.2) is 17.2 Å². The van der Waals surface area contributed by atoms with Crippen molar-refractivity contribution in [1.29, 1.82) is 0 Å². The molecule has 0 radical (unpaired) electrons. The molecule has 0 spiro atoms. The van der Waals surface area contributed by atoms with Crippen molar-refractivity contribution < 1.29 is 31.4 Å². The van der Waals surface area contributed by atoms with Crippen LogP contribution >= 0.6 is 0 Å². The molecule has 0 amide bonds. The van der Waals surface area contributed by atoms with E-state index in [0.29, 0.717) is 0 Å². The van der Waals surface area contributed by atoms with E-state index in [2.05, 4.69) is 14.5 Å². The van der Waals surface area contributed by atoms with Crippen molar-refractivity contribution in [3.63, 3.8) is 0 Å². The van der Waals surface area contributed by atoms with E-state index >= 15 is 0 Å². The van der Waals surface area contributed by atoms with Gasteiger partial charge in [-0.2, -0.15) is 0 Å². The summed E-state index contributed by atoms with van der Waals surface area (Å²) in [5.41, 5.74) is -0.995. The summed E-state index contributed by atoms with van der Waals surface area (Å²) >= 11 is 0. The van der Waals surface area contributed by atoms with Crippen molar-refractivity contribution in [3.8, 4) is 11.5 Å². The fraction of sp³-hybridized carbons (Fsp3) is 0.444. The number of rotatable bonds is 3. The summed E-state index contributed by atoms with van der Waals surface area (Å²) < 4.78 is 69.3. The second-order valence-corrected chi connectivity index (χ2v) is 3.03. The van der Waals surface area contributed by atoms with Crippen LogP contribution in [0.5, 0.6) is 11.5 Å². The molecule has 0 unspecified atom stereocenters. The topological polar surface area (TPSA) is 31.4 Å². The molecule has 0 atom stereocenters. The molecule has 0 aliphatic rings. The Bertz CT molecular complexity index is 405. The molecule has 8 heteroatoms. The molecule has 0 fully saturated rings. The van der Waals surface area contributed by atoms with Crippen molar-refractivity contribution in [2.24, 2.45) is 0 Å². The highest BCUT2D eigenvalue weighted by Crippen LogP contribution is 2.39. The minimum absolute atomic E-state index is 0.103. The van der Waals surface area contributed by atoms with Crippen LogP contribution in [0.2, 0.25) is 0 Å². The molecule has 0 bridgehead atoms. The summed E-state index contributed by atoms with van der Waals surface area (Å²) in [5, 5.41) is 0. The first-order valence-electron chi connectivity index (χ1n) is 4.34. The van der Waals surface area contributed by atoms with E-state index < -0.39 is 30.0 Å². The Hall–Kier alpha value is -1.60. The van der Waals surface area contributed by atoms with E-state index in [0.717, 1.165) is 13.2 Å². The highest BCUT2D eigenvalue weighted by Gasteiger charge is 2.35. The Balaban J connectivity index is 3.32. The van der Waals surface area contributed by atoms with Gasteiger partial charge < -0.3 is 9.47 Å². The molecular weight excluding hydrogens is 249 g/mol. The number of halogens is 5. The third-order valence-corrected chi connectivity index (χ3v) is 1.74. The van der Waals surface area contributed by atoms with Crippen LogP contribution < -0.4 is 9.47 Å². The normalized spacial score (nSPS) is 11.8. The van der Waals surface area contributed by atoms with E-state index in [9.17, 15) is 22.0 Å². The minimum atomic E-state index is -5.09. The molecule has 1 rings (SSSR count). The first-order valence-corrected chi connectivity index (χ1v) is 4.34. The highest BCUT2D eigenvalue weighted by atomic mass is 19.4. The SMILES string of the molecule is COc1cc(C)nc(C(F)F)c1OC(F)(F)F. The summed E-state index contributed by atoms with van der Waals surface area (Å²) in [6.45, 7) is 1.35. The minimum Gasteiger partial charge on any atom is -0.493 e. The van der Waals surface area contributed by atoms with Crippen LogP contribution in [0, 0.1) is 6.92 Å². The maximum absolute atomic E-state index is 12.5. The van der Waals surface area contributed by atoms with E-state index in [1.54, 1.807) is 0 Å². The van der Waals surface area contributed by atoms with Gasteiger partial charge in [-0.05, 0) is 6.92 Å². The smallest absolute Gasteiger partial charge is 0.493 e. The fourth-order valence-electron chi connectivity index (χ4n) is 1.17. The molecule has 1 aromatic rings. The number of alkyl halides is 5. The molecule has 0 aliphatic carbocycles. The van der Waals surface area contributed by atoms with Crippen molar-refractivity contribution in [1.82, 2.24) is 4.98 Å². The zero-order chi connectivity index (χ0) is 13.2. The largest absolute Gasteiger partial charge is 0.573 e. The van der Waals surface area contributed by atoms with Crippen molar-refractivity contribution in [2.45, 2.75) is 19.7 Å². The first-order chi connectivity index (χ1) is 7.74. The standard InChI is InChI=1S/C9H8F5NO2/c1-4-3-5(16-2)7(17-9(12,13)14)6(15-4)8(10)11/h3,8H,1-2H3. The molecule has 1 heterocycles. The number of aromatic nitrogens is 1. The monoisotopic (exact) mass is 257 g/mol. The average Bonchev–Trinajstić information content (AvgIpc) is 2.17. The molecule has 0 saturated carbocycles. The molecule has 1 aromatic heterocycles. The second kappa shape index (κ2) is 4.72. The van der Waals surface area contributed by atoms with Gasteiger partial charge in [-0.3, -0.25) is 0 Å². The quantitative estimate of drug-likeness (QED) is 0.779. The molecule has 17 heavy (non-hydrogen) atoms. The van der Waals surface area contributed by atoms with Gasteiger partial charge in [0, 0.05) is 11.8 Å². The maximum atomic E-state index is 12.5. The predicted octanol–water partition coefficient (Wildman–Crippen LogP) is 3.23. The second-order valence-electron chi connectivity index (χ2n) is 3.03. The first kappa shape index (κ1) is 13.5. The Labute approximate surface area is 93.2 Å². The van der Waals surface area contributed by atoms with Gasteiger partial charge in [-0.25, -0.2) is 13.8 Å². The van der Waals surface area contributed by atoms with Crippen molar-refractivity contribution in [2.75, 3.05) is 7.11 Å². The third-order valence-electron chi connectivity index (χ3n) is 1.74. The molecule has 0 saturated heterocycles. The summed E-state index contributed by atoms with van der Waals surface area (Å²) in [7, 11) is 1.05. The van der Waals surface area contributed by atoms with Gasteiger partial charge in [0.25, 0.3) is 6.43 Å². The molecule has 0 aliphatic heterocycles. The summed E-state index contributed by atoms with van der Waals surface area (Å²) in [6, 6.07) is 1.08. The van der Waals surface area contributed by atoms with Crippen LogP contribution in [-0.4, -0.2) is 18.5 Å². The predicted molar refractivity (Wildman–Crippen MR) is 47.2 cm³/mol. The zero-order valence-electron chi connectivity index (χ0n) is 8.81. The van der Waals surface area contributed by atoms with Crippen molar-refractivity contribution >= 4 is 0 Å². The van der Waals surface area contributed by atoms with Gasteiger partial charge in [0.05, 0.1) is 7.11 Å². The Morgan fingerprint density at radius 2 is 1.88 bits per heavy atom. The fourth-order valence-corrected chi connectivity index (χ4v) is 1.17. The van der Waals surface area contributed by atoms with Gasteiger partial charge in [-0.15, -0.1) is 13.2 Å². The number of pyridine rings is 1. The van der Waals surface area contributed by atoms with Crippen LogP contribution in [0.4, 0.5) is 22.0 Å². The van der Waals surface area contributed by atoms with Crippen LogP contribution in [0.1, 0.15) is 17.8 Å². The lowest BCUT2D eigenvalue weighted by molar-refractivity contribution is -0.275. The van der Waals surface area contributed by atoms with Crippen LogP contribution in [0.3, 0.4) is 0 Å². The van der Waals surface area contributed by atoms with E-state index in [-0.39, 0.29) is 5.69 Å². The lowest BCUT2D eigenvalue weighted by atomic mass is 10.2. The zero-order valence-corrected chi connectivity index (χ0v) is 8.81. The van der Waals surface area contributed by atoms with E-state index in [4.69, 9.17) is 0 Å². The molecule has 0 aromatic carbocycles. The number of methoxy groups -OCH3 is 1. The lowest BCUT2D eigenvalue weighted by Gasteiger charge is -2.15. The highest BCUT2D eigenvalue weighted by molar-refractivity contribution is 5.45. The Morgan fingerprint density at radius 3 is 2.29 bits per heavy atom. The van der Waals surface area contributed by atoms with Crippen molar-refractivity contribution in [3.05, 3.63) is 17.5 Å². The van der Waals surface area contributed by atoms with Gasteiger partial charge in [-0.1, -0.05) is 0 Å². The van der Waals surface area contributed by atoms with Gasteiger partial charge in [0.1, 0.15) is 0 Å². The maximum Gasteiger partial charge on any atom is 0.573 e.